The summed E-state index contributed by atoms with van der Waals surface area (Å²) < 4.78 is 30.2. The summed E-state index contributed by atoms with van der Waals surface area (Å²) in [7, 11) is 0.382. The van der Waals surface area contributed by atoms with Gasteiger partial charge in [-0.1, -0.05) is 26.0 Å². The van der Waals surface area contributed by atoms with Crippen molar-refractivity contribution in [2.75, 3.05) is 7.05 Å². The number of rotatable bonds is 7. The average molecular weight is 406 g/mol. The van der Waals surface area contributed by atoms with Gasteiger partial charge in [0.1, 0.15) is 28.7 Å². The number of halogens is 1. The highest BCUT2D eigenvalue weighted by atomic mass is 32.2. The minimum absolute atomic E-state index is 0.187. The Bertz CT molecular complexity index is 848. The zero-order chi connectivity index (χ0) is 20.5. The fourth-order valence-corrected chi connectivity index (χ4v) is 4.68. The molecule has 152 valence electrons. The molecule has 2 N–H and O–H groups in total. The number of nitrogens with zero attached hydrogens (tertiary/aromatic N) is 2. The van der Waals surface area contributed by atoms with E-state index in [1.54, 1.807) is 24.1 Å². The molecule has 1 aromatic carbocycles. The Balaban J connectivity index is 1.95. The fourth-order valence-electron chi connectivity index (χ4n) is 3.36. The highest BCUT2D eigenvalue weighted by Gasteiger charge is 2.48. The zero-order valence-electron chi connectivity index (χ0n) is 16.6. The number of aliphatic hydroxyl groups is 1. The van der Waals surface area contributed by atoms with Crippen LogP contribution in [0.5, 0.6) is 0 Å². The van der Waals surface area contributed by atoms with Crippen molar-refractivity contribution < 1.29 is 13.7 Å². The van der Waals surface area contributed by atoms with E-state index in [9.17, 15) is 13.7 Å². The van der Waals surface area contributed by atoms with Gasteiger partial charge >= 0.3 is 0 Å². The van der Waals surface area contributed by atoms with E-state index >= 15 is 0 Å². The summed E-state index contributed by atoms with van der Waals surface area (Å²) in [6.07, 6.45) is 5.97. The van der Waals surface area contributed by atoms with Gasteiger partial charge in [-0.3, -0.25) is 0 Å². The van der Waals surface area contributed by atoms with E-state index in [2.05, 4.69) is 16.3 Å². The van der Waals surface area contributed by atoms with Crippen LogP contribution in [-0.4, -0.2) is 38.1 Å². The lowest BCUT2D eigenvalue weighted by Gasteiger charge is -2.36. The normalized spacial score (nSPS) is 26.0. The van der Waals surface area contributed by atoms with Gasteiger partial charge in [-0.15, -0.1) is 6.58 Å². The maximum atomic E-state index is 14.5. The Morgan fingerprint density at radius 3 is 2.79 bits per heavy atom. The first kappa shape index (κ1) is 20.7. The molecule has 28 heavy (non-hydrogen) atoms. The third-order valence-electron chi connectivity index (χ3n) is 5.44. The van der Waals surface area contributed by atoms with Gasteiger partial charge in [0, 0.05) is 13.0 Å². The molecule has 3 unspecified atom stereocenters. The van der Waals surface area contributed by atoms with Crippen molar-refractivity contribution in [2.45, 2.75) is 50.5 Å². The molecule has 1 heterocycles. The molecule has 1 aliphatic carbocycles. The van der Waals surface area contributed by atoms with Crippen LogP contribution >= 0.6 is 0 Å². The molecule has 0 amide bonds. The van der Waals surface area contributed by atoms with Crippen LogP contribution in [0.1, 0.15) is 38.7 Å². The molecule has 1 aliphatic heterocycles. The smallest absolute Gasteiger partial charge is 0.155 e. The Labute approximate surface area is 168 Å². The molecule has 1 saturated carbocycles. The van der Waals surface area contributed by atoms with Gasteiger partial charge in [0.2, 0.25) is 0 Å². The van der Waals surface area contributed by atoms with Crippen LogP contribution in [-0.2, 0) is 17.4 Å². The number of nitrogens with one attached hydrogen (secondary N) is 1. The SMILES string of the molecule is C=CCC1(S(=O)NC2=CC(C)C(O)N(C)C2=Nc2ccc(CC)cc2F)CC1. The number of hydrogen-bond donors (Lipinski definition) is 2. The standard InChI is InChI=1S/C21H28FN3O2S/c1-5-9-21(10-11-21)28(27)24-18-12-14(3)20(26)25(4)19(18)23-17-8-7-15(6-2)13-16(17)22/h5,7-8,12-14,20,24,26H,1,6,9-11H2,2-4H3. The van der Waals surface area contributed by atoms with Crippen LogP contribution in [0, 0.1) is 11.7 Å². The number of aryl methyl sites for hydroxylation is 1. The summed E-state index contributed by atoms with van der Waals surface area (Å²) in [6.45, 7) is 7.59. The number of aliphatic imine (C=N–C) groups is 1. The number of allylic oxidation sites excluding steroid dienone is 1. The average Bonchev–Trinajstić information content (AvgIpc) is 3.45. The lowest BCUT2D eigenvalue weighted by molar-refractivity contribution is 0.0339. The van der Waals surface area contributed by atoms with Crippen molar-refractivity contribution in [1.82, 2.24) is 9.62 Å². The first-order valence-electron chi connectivity index (χ1n) is 9.61. The van der Waals surface area contributed by atoms with Gasteiger partial charge in [0.05, 0.1) is 10.4 Å². The van der Waals surface area contributed by atoms with Crippen LogP contribution < -0.4 is 4.72 Å². The van der Waals surface area contributed by atoms with E-state index in [1.807, 2.05) is 26.0 Å². The molecule has 0 saturated heterocycles. The van der Waals surface area contributed by atoms with Crippen molar-refractivity contribution in [3.05, 3.63) is 54.0 Å². The molecule has 3 rings (SSSR count). The second-order valence-corrected chi connectivity index (χ2v) is 9.19. The van der Waals surface area contributed by atoms with Gasteiger partial charge < -0.3 is 14.7 Å². The van der Waals surface area contributed by atoms with E-state index in [4.69, 9.17) is 0 Å². The maximum Gasteiger partial charge on any atom is 0.155 e. The highest BCUT2D eigenvalue weighted by molar-refractivity contribution is 7.85. The van der Waals surface area contributed by atoms with Crippen molar-refractivity contribution in [2.24, 2.45) is 10.9 Å². The molecule has 5 nitrogen and oxygen atoms in total. The molecule has 0 aromatic heterocycles. The minimum Gasteiger partial charge on any atom is -0.373 e. The molecule has 2 aliphatic rings. The Morgan fingerprint density at radius 1 is 1.50 bits per heavy atom. The molecule has 3 atom stereocenters. The van der Waals surface area contributed by atoms with Gasteiger partial charge in [0.25, 0.3) is 0 Å². The van der Waals surface area contributed by atoms with Crippen LogP contribution in [0.25, 0.3) is 0 Å². The third-order valence-corrected chi connectivity index (χ3v) is 7.21. The van der Waals surface area contributed by atoms with Crippen LogP contribution in [0.2, 0.25) is 0 Å². The second kappa shape index (κ2) is 8.17. The first-order valence-corrected chi connectivity index (χ1v) is 10.8. The van der Waals surface area contributed by atoms with Crippen LogP contribution in [0.15, 0.2) is 47.6 Å². The van der Waals surface area contributed by atoms with Crippen LogP contribution in [0.3, 0.4) is 0 Å². The molecule has 0 spiro atoms. The van der Waals surface area contributed by atoms with Gasteiger partial charge in [-0.25, -0.2) is 13.6 Å². The molecule has 1 aromatic rings. The van der Waals surface area contributed by atoms with Gasteiger partial charge in [-0.05, 0) is 49.5 Å². The third kappa shape index (κ3) is 4.05. The Morgan fingerprint density at radius 2 is 2.21 bits per heavy atom. The lowest BCUT2D eigenvalue weighted by atomic mass is 10.0. The lowest BCUT2D eigenvalue weighted by Crippen LogP contribution is -2.48. The zero-order valence-corrected chi connectivity index (χ0v) is 17.4. The van der Waals surface area contributed by atoms with Gasteiger partial charge in [-0.2, -0.15) is 0 Å². The first-order chi connectivity index (χ1) is 13.3. The quantitative estimate of drug-likeness (QED) is 0.682. The summed E-state index contributed by atoms with van der Waals surface area (Å²) in [5, 5.41) is 10.4. The van der Waals surface area contributed by atoms with Crippen LogP contribution in [0.4, 0.5) is 10.1 Å². The summed E-state index contributed by atoms with van der Waals surface area (Å²) in [5.74, 6) is -0.235. The number of amidine groups is 1. The summed E-state index contributed by atoms with van der Waals surface area (Å²) in [4.78, 5) is 6.05. The highest BCUT2D eigenvalue weighted by Crippen LogP contribution is 2.44. The van der Waals surface area contributed by atoms with E-state index in [-0.39, 0.29) is 16.4 Å². The van der Waals surface area contributed by atoms with Crippen molar-refractivity contribution in [3.63, 3.8) is 0 Å². The second-order valence-electron chi connectivity index (χ2n) is 7.59. The summed E-state index contributed by atoms with van der Waals surface area (Å²) in [5.41, 5.74) is 1.63. The van der Waals surface area contributed by atoms with Gasteiger partial charge in [0.15, 0.2) is 5.84 Å². The van der Waals surface area contributed by atoms with E-state index < -0.39 is 23.0 Å². The summed E-state index contributed by atoms with van der Waals surface area (Å²) >= 11 is 0. The van der Waals surface area contributed by atoms with E-state index in [0.29, 0.717) is 18.0 Å². The number of likely N-dealkylation sites (N-methyl/N-ethyl adjacent to an activating group) is 1. The molecule has 0 bridgehead atoms. The Kier molecular flexibility index (Phi) is 6.05. The largest absolute Gasteiger partial charge is 0.373 e. The van der Waals surface area contributed by atoms with E-state index in [1.165, 1.54) is 6.07 Å². The number of aliphatic hydroxyl groups excluding tert-OH is 1. The summed E-state index contributed by atoms with van der Waals surface area (Å²) in [6, 6.07) is 4.94. The minimum atomic E-state index is -1.32. The fraction of sp³-hybridized carbons (Fsp3) is 0.476. The molecule has 1 fully saturated rings. The predicted molar refractivity (Wildman–Crippen MR) is 112 cm³/mol. The van der Waals surface area contributed by atoms with E-state index in [0.717, 1.165) is 24.8 Å². The van der Waals surface area contributed by atoms with Crippen molar-refractivity contribution >= 4 is 22.5 Å². The molecule has 0 radical (unpaired) electrons. The van der Waals surface area contributed by atoms with Crippen molar-refractivity contribution in [1.29, 1.82) is 0 Å². The molecular formula is C21H28FN3O2S. The van der Waals surface area contributed by atoms with Crippen molar-refractivity contribution in [3.8, 4) is 0 Å². The maximum absolute atomic E-state index is 14.5. The predicted octanol–water partition coefficient (Wildman–Crippen LogP) is 3.56. The number of hydrogen-bond acceptors (Lipinski definition) is 3. The number of benzene rings is 1. The molecular weight excluding hydrogens is 377 g/mol. The topological polar surface area (TPSA) is 64.9 Å². The molecule has 7 heteroatoms. The Hall–Kier alpha value is -1.99. The monoisotopic (exact) mass is 405 g/mol.